The van der Waals surface area contributed by atoms with E-state index in [4.69, 9.17) is 0 Å². The highest BCUT2D eigenvalue weighted by molar-refractivity contribution is 9.10. The van der Waals surface area contributed by atoms with Crippen LogP contribution in [-0.4, -0.2) is 10.8 Å². The molecular weight excluding hydrogens is 290 g/mol. The lowest BCUT2D eigenvalue weighted by Gasteiger charge is -2.04. The zero-order valence-electron chi connectivity index (χ0n) is 11.0. The maximum absolute atomic E-state index is 12.4. The third-order valence-corrected chi connectivity index (χ3v) is 4.35. The number of benzene rings is 1. The van der Waals surface area contributed by atoms with Gasteiger partial charge in [-0.1, -0.05) is 15.9 Å². The fourth-order valence-corrected chi connectivity index (χ4v) is 2.25. The minimum atomic E-state index is 0.0549. The zero-order chi connectivity index (χ0) is 13.4. The quantitative estimate of drug-likeness (QED) is 0.827. The van der Waals surface area contributed by atoms with Gasteiger partial charge in [0.1, 0.15) is 0 Å². The van der Waals surface area contributed by atoms with Crippen LogP contribution in [0.5, 0.6) is 0 Å². The summed E-state index contributed by atoms with van der Waals surface area (Å²) in [6, 6.07) is 5.68. The molecule has 0 saturated heterocycles. The average molecular weight is 306 g/mol. The van der Waals surface area contributed by atoms with E-state index in [1.165, 1.54) is 0 Å². The third-order valence-electron chi connectivity index (χ3n) is 3.46. The number of rotatable bonds is 2. The molecule has 2 aromatic rings. The molecule has 1 N–H and O–H groups in total. The monoisotopic (exact) mass is 305 g/mol. The number of H-pyrrole nitrogens is 1. The Hall–Kier alpha value is -1.35. The lowest BCUT2D eigenvalue weighted by Crippen LogP contribution is -2.04. The smallest absolute Gasteiger partial charge is 0.209 e. The molecule has 0 fully saturated rings. The molecule has 2 nitrogen and oxygen atoms in total. The van der Waals surface area contributed by atoms with Gasteiger partial charge in [0.2, 0.25) is 5.78 Å². The molecule has 0 bridgehead atoms. The normalized spacial score (nSPS) is 10.7. The standard InChI is InChI=1S/C15H16BrNO/c1-8-7-12(5-6-13(8)16)15(18)14-10(3)9(2)11(4)17-14/h5-7,17H,1-4H3. The Bertz CT molecular complexity index is 626. The minimum Gasteiger partial charge on any atom is -0.356 e. The van der Waals surface area contributed by atoms with Crippen molar-refractivity contribution in [2.24, 2.45) is 0 Å². The summed E-state index contributed by atoms with van der Waals surface area (Å²) in [4.78, 5) is 15.6. The number of aryl methyl sites for hydroxylation is 2. The van der Waals surface area contributed by atoms with Gasteiger partial charge in [-0.3, -0.25) is 4.79 Å². The molecule has 0 atom stereocenters. The molecule has 1 heterocycles. The number of carbonyl (C=O) groups excluding carboxylic acids is 1. The molecule has 94 valence electrons. The molecule has 18 heavy (non-hydrogen) atoms. The summed E-state index contributed by atoms with van der Waals surface area (Å²) >= 11 is 3.45. The van der Waals surface area contributed by atoms with Crippen molar-refractivity contribution < 1.29 is 4.79 Å². The van der Waals surface area contributed by atoms with E-state index in [2.05, 4.69) is 20.9 Å². The lowest BCUT2D eigenvalue weighted by atomic mass is 10.0. The summed E-state index contributed by atoms with van der Waals surface area (Å²) < 4.78 is 1.02. The highest BCUT2D eigenvalue weighted by atomic mass is 79.9. The molecule has 0 aliphatic heterocycles. The van der Waals surface area contributed by atoms with Crippen LogP contribution in [0.3, 0.4) is 0 Å². The molecule has 1 aromatic heterocycles. The van der Waals surface area contributed by atoms with E-state index in [0.717, 1.165) is 32.4 Å². The van der Waals surface area contributed by atoms with Crippen LogP contribution in [0.4, 0.5) is 0 Å². The Morgan fingerprint density at radius 1 is 1.11 bits per heavy atom. The Labute approximate surface area is 116 Å². The molecule has 2 rings (SSSR count). The molecule has 0 spiro atoms. The molecule has 0 saturated carbocycles. The summed E-state index contributed by atoms with van der Waals surface area (Å²) in [5, 5.41) is 0. The van der Waals surface area contributed by atoms with E-state index < -0.39 is 0 Å². The number of aromatic amines is 1. The number of aromatic nitrogens is 1. The highest BCUT2D eigenvalue weighted by Crippen LogP contribution is 2.22. The lowest BCUT2D eigenvalue weighted by molar-refractivity contribution is 0.103. The second-order valence-electron chi connectivity index (χ2n) is 4.67. The topological polar surface area (TPSA) is 32.9 Å². The predicted molar refractivity (Wildman–Crippen MR) is 77.3 cm³/mol. The SMILES string of the molecule is Cc1cc(C(=O)c2[nH]c(C)c(C)c2C)ccc1Br. The Morgan fingerprint density at radius 2 is 1.78 bits per heavy atom. The summed E-state index contributed by atoms with van der Waals surface area (Å²) in [6.45, 7) is 7.99. The highest BCUT2D eigenvalue weighted by Gasteiger charge is 2.17. The molecular formula is C15H16BrNO. The number of hydrogen-bond acceptors (Lipinski definition) is 1. The maximum Gasteiger partial charge on any atom is 0.209 e. The number of nitrogens with one attached hydrogen (secondary N) is 1. The Kier molecular flexibility index (Phi) is 3.44. The fraction of sp³-hybridized carbons (Fsp3) is 0.267. The zero-order valence-corrected chi connectivity index (χ0v) is 12.6. The van der Waals surface area contributed by atoms with Gasteiger partial charge in [0.25, 0.3) is 0 Å². The number of ketones is 1. The molecule has 0 aliphatic carbocycles. The number of hydrogen-bond donors (Lipinski definition) is 1. The van der Waals surface area contributed by atoms with Gasteiger partial charge in [0, 0.05) is 15.7 Å². The largest absolute Gasteiger partial charge is 0.356 e. The fourth-order valence-electron chi connectivity index (χ4n) is 2.00. The Balaban J connectivity index is 2.48. The summed E-state index contributed by atoms with van der Waals surface area (Å²) in [5.74, 6) is 0.0549. The summed E-state index contributed by atoms with van der Waals surface area (Å²) in [6.07, 6.45) is 0. The van der Waals surface area contributed by atoms with Crippen molar-refractivity contribution in [1.29, 1.82) is 0 Å². The van der Waals surface area contributed by atoms with Crippen molar-refractivity contribution >= 4 is 21.7 Å². The van der Waals surface area contributed by atoms with Crippen molar-refractivity contribution in [2.75, 3.05) is 0 Å². The van der Waals surface area contributed by atoms with Crippen molar-refractivity contribution in [3.8, 4) is 0 Å². The van der Waals surface area contributed by atoms with Gasteiger partial charge in [-0.15, -0.1) is 0 Å². The number of halogens is 1. The van der Waals surface area contributed by atoms with Crippen LogP contribution < -0.4 is 0 Å². The van der Waals surface area contributed by atoms with Crippen LogP contribution >= 0.6 is 15.9 Å². The van der Waals surface area contributed by atoms with Crippen LogP contribution in [0.1, 0.15) is 38.4 Å². The maximum atomic E-state index is 12.4. The first kappa shape index (κ1) is 13.1. The second kappa shape index (κ2) is 4.73. The van der Waals surface area contributed by atoms with Gasteiger partial charge in [0.15, 0.2) is 0 Å². The molecule has 1 aromatic carbocycles. The molecule has 0 unspecified atom stereocenters. The Morgan fingerprint density at radius 3 is 2.28 bits per heavy atom. The summed E-state index contributed by atoms with van der Waals surface area (Å²) in [5.41, 5.74) is 5.75. The van der Waals surface area contributed by atoms with Crippen LogP contribution in [0.25, 0.3) is 0 Å². The van der Waals surface area contributed by atoms with Gasteiger partial charge in [-0.2, -0.15) is 0 Å². The van der Waals surface area contributed by atoms with Gasteiger partial charge in [-0.25, -0.2) is 0 Å². The van der Waals surface area contributed by atoms with Crippen LogP contribution in [0.2, 0.25) is 0 Å². The van der Waals surface area contributed by atoms with Crippen LogP contribution in [-0.2, 0) is 0 Å². The van der Waals surface area contributed by atoms with Gasteiger partial charge < -0.3 is 4.98 Å². The average Bonchev–Trinajstić information content (AvgIpc) is 2.60. The number of carbonyl (C=O) groups is 1. The van der Waals surface area contributed by atoms with Crippen molar-refractivity contribution in [3.05, 3.63) is 56.3 Å². The van der Waals surface area contributed by atoms with Crippen molar-refractivity contribution in [1.82, 2.24) is 4.98 Å². The molecule has 0 amide bonds. The van der Waals surface area contributed by atoms with Crippen molar-refractivity contribution in [2.45, 2.75) is 27.7 Å². The predicted octanol–water partition coefficient (Wildman–Crippen LogP) is 4.24. The molecule has 0 radical (unpaired) electrons. The molecule has 3 heteroatoms. The first-order valence-electron chi connectivity index (χ1n) is 5.88. The van der Waals surface area contributed by atoms with Gasteiger partial charge in [0.05, 0.1) is 5.69 Å². The van der Waals surface area contributed by atoms with Gasteiger partial charge in [-0.05, 0) is 62.6 Å². The second-order valence-corrected chi connectivity index (χ2v) is 5.52. The first-order valence-corrected chi connectivity index (χ1v) is 6.67. The first-order chi connectivity index (χ1) is 8.41. The van der Waals surface area contributed by atoms with Gasteiger partial charge >= 0.3 is 0 Å². The van der Waals surface area contributed by atoms with E-state index in [0.29, 0.717) is 5.69 Å². The van der Waals surface area contributed by atoms with E-state index >= 15 is 0 Å². The van der Waals surface area contributed by atoms with E-state index in [-0.39, 0.29) is 5.78 Å². The van der Waals surface area contributed by atoms with E-state index in [1.807, 2.05) is 45.9 Å². The summed E-state index contributed by atoms with van der Waals surface area (Å²) in [7, 11) is 0. The van der Waals surface area contributed by atoms with Crippen molar-refractivity contribution in [3.63, 3.8) is 0 Å². The molecule has 0 aliphatic rings. The minimum absolute atomic E-state index is 0.0549. The third kappa shape index (κ3) is 2.15. The van der Waals surface area contributed by atoms with Crippen LogP contribution in [0.15, 0.2) is 22.7 Å². The van der Waals surface area contributed by atoms with E-state index in [1.54, 1.807) is 0 Å². The van der Waals surface area contributed by atoms with Crippen LogP contribution in [0, 0.1) is 27.7 Å². The van der Waals surface area contributed by atoms with E-state index in [9.17, 15) is 4.79 Å².